The van der Waals surface area contributed by atoms with Crippen LogP contribution in [0.25, 0.3) is 0 Å². The van der Waals surface area contributed by atoms with E-state index in [0.29, 0.717) is 10.0 Å². The Morgan fingerprint density at radius 1 is 1.33 bits per heavy atom. The van der Waals surface area contributed by atoms with Gasteiger partial charge in [-0.15, -0.1) is 0 Å². The van der Waals surface area contributed by atoms with Gasteiger partial charge >= 0.3 is 0 Å². The first-order valence-electron chi connectivity index (χ1n) is 6.28. The molecule has 21 heavy (non-hydrogen) atoms. The Hall–Kier alpha value is -1.85. The molecule has 1 aromatic heterocycles. The van der Waals surface area contributed by atoms with E-state index in [1.807, 2.05) is 0 Å². The van der Waals surface area contributed by atoms with Crippen LogP contribution in [0.2, 0.25) is 10.0 Å². The number of hydrogen-bond donors (Lipinski definition) is 1. The van der Waals surface area contributed by atoms with E-state index in [0.717, 1.165) is 5.56 Å². The van der Waals surface area contributed by atoms with Crippen LogP contribution in [-0.2, 0) is 4.79 Å². The van der Waals surface area contributed by atoms with Crippen molar-refractivity contribution < 1.29 is 9.90 Å². The van der Waals surface area contributed by atoms with E-state index in [1.165, 1.54) is 23.4 Å². The summed E-state index contributed by atoms with van der Waals surface area (Å²) >= 11 is 12.2. The summed E-state index contributed by atoms with van der Waals surface area (Å²) in [7, 11) is 0. The van der Waals surface area contributed by atoms with Crippen molar-refractivity contribution in [2.24, 2.45) is 0 Å². The number of ketones is 1. The van der Waals surface area contributed by atoms with Crippen LogP contribution in [0.1, 0.15) is 23.9 Å². The quantitative estimate of drug-likeness (QED) is 0.920. The molecule has 1 heterocycles. The monoisotopic (exact) mass is 323 g/mol. The Bertz CT molecular complexity index is 713. The summed E-state index contributed by atoms with van der Waals surface area (Å²) in [5.74, 6) is -0.526. The largest absolute Gasteiger partial charge is 0.510 e. The van der Waals surface area contributed by atoms with Gasteiger partial charge in [-0.25, -0.2) is 9.67 Å². The van der Waals surface area contributed by atoms with Gasteiger partial charge in [-0.3, -0.25) is 4.79 Å². The third-order valence-electron chi connectivity index (χ3n) is 3.50. The van der Waals surface area contributed by atoms with Gasteiger partial charge in [0.1, 0.15) is 24.5 Å². The normalized spacial score (nSPS) is 22.2. The molecule has 108 valence electrons. The number of hydrogen-bond acceptors (Lipinski definition) is 4. The van der Waals surface area contributed by atoms with Crippen LogP contribution in [0.15, 0.2) is 42.7 Å². The van der Waals surface area contributed by atoms with Crippen molar-refractivity contribution in [2.75, 3.05) is 0 Å². The molecule has 2 atom stereocenters. The number of rotatable bonds is 2. The van der Waals surface area contributed by atoms with E-state index >= 15 is 0 Å². The van der Waals surface area contributed by atoms with Gasteiger partial charge < -0.3 is 5.11 Å². The van der Waals surface area contributed by atoms with Crippen molar-refractivity contribution in [1.29, 1.82) is 0 Å². The highest BCUT2D eigenvalue weighted by molar-refractivity contribution is 6.35. The van der Waals surface area contributed by atoms with Crippen LogP contribution >= 0.6 is 23.2 Å². The second kappa shape index (κ2) is 5.50. The molecule has 0 saturated heterocycles. The Balaban J connectivity index is 2.10. The number of aliphatic hydroxyl groups is 1. The van der Waals surface area contributed by atoms with Crippen LogP contribution in [0.3, 0.4) is 0 Å². The molecule has 0 bridgehead atoms. The number of aromatic nitrogens is 3. The average Bonchev–Trinajstić information content (AvgIpc) is 2.91. The Labute approximate surface area is 130 Å². The second-order valence-corrected chi connectivity index (χ2v) is 5.68. The van der Waals surface area contributed by atoms with E-state index in [9.17, 15) is 9.90 Å². The second-order valence-electron chi connectivity index (χ2n) is 4.83. The predicted octanol–water partition coefficient (Wildman–Crippen LogP) is 3.32. The zero-order valence-corrected chi connectivity index (χ0v) is 12.3. The van der Waals surface area contributed by atoms with Crippen LogP contribution in [0.5, 0.6) is 0 Å². The molecule has 2 aromatic rings. The number of benzene rings is 1. The topological polar surface area (TPSA) is 68.0 Å². The van der Waals surface area contributed by atoms with Crippen molar-refractivity contribution >= 4 is 29.0 Å². The van der Waals surface area contributed by atoms with Crippen molar-refractivity contribution in [3.05, 3.63) is 58.3 Å². The number of aliphatic hydroxyl groups excluding tert-OH is 1. The summed E-state index contributed by atoms with van der Waals surface area (Å²) in [5.41, 5.74) is 0.745. The summed E-state index contributed by atoms with van der Waals surface area (Å²) in [6.07, 6.45) is 4.34. The number of halogens is 2. The third kappa shape index (κ3) is 2.66. The smallest absolute Gasteiger partial charge is 0.159 e. The van der Waals surface area contributed by atoms with Crippen molar-refractivity contribution in [1.82, 2.24) is 14.8 Å². The van der Waals surface area contributed by atoms with Gasteiger partial charge in [0.15, 0.2) is 5.78 Å². The number of allylic oxidation sites excluding steroid dienone is 2. The Morgan fingerprint density at radius 2 is 2.14 bits per heavy atom. The fraction of sp³-hybridized carbons (Fsp3) is 0.214. The molecule has 0 amide bonds. The van der Waals surface area contributed by atoms with E-state index < -0.39 is 6.04 Å². The van der Waals surface area contributed by atoms with E-state index in [1.54, 1.807) is 18.2 Å². The van der Waals surface area contributed by atoms with Crippen LogP contribution in [0, 0.1) is 0 Å². The summed E-state index contributed by atoms with van der Waals surface area (Å²) < 4.78 is 1.52. The minimum Gasteiger partial charge on any atom is -0.510 e. The summed E-state index contributed by atoms with van der Waals surface area (Å²) in [6.45, 7) is 0. The Kier molecular flexibility index (Phi) is 3.69. The number of carbonyl (C=O) groups excluding carboxylic acids is 1. The summed E-state index contributed by atoms with van der Waals surface area (Å²) in [5, 5.41) is 15.2. The molecule has 0 fully saturated rings. The minimum absolute atomic E-state index is 0.0484. The van der Waals surface area contributed by atoms with Crippen molar-refractivity contribution in [3.8, 4) is 0 Å². The SMILES string of the molecule is O=C1C=C(O)[C@H](n2cncn2)[C@H](c2ccc(Cl)cc2Cl)C1. The van der Waals surface area contributed by atoms with Gasteiger partial charge in [0.05, 0.1) is 0 Å². The van der Waals surface area contributed by atoms with Crippen molar-refractivity contribution in [2.45, 2.75) is 18.4 Å². The molecule has 7 heteroatoms. The number of carbonyl (C=O) groups is 1. The van der Waals surface area contributed by atoms with Gasteiger partial charge in [0.25, 0.3) is 0 Å². The molecule has 0 radical (unpaired) electrons. The third-order valence-corrected chi connectivity index (χ3v) is 4.06. The lowest BCUT2D eigenvalue weighted by Gasteiger charge is -2.30. The predicted molar refractivity (Wildman–Crippen MR) is 78.6 cm³/mol. The minimum atomic E-state index is -0.510. The molecule has 1 aliphatic carbocycles. The first-order chi connectivity index (χ1) is 10.1. The molecule has 0 saturated carbocycles. The van der Waals surface area contributed by atoms with E-state index in [2.05, 4.69) is 10.1 Å². The molecule has 3 rings (SSSR count). The Morgan fingerprint density at radius 3 is 2.81 bits per heavy atom. The average molecular weight is 324 g/mol. The molecular weight excluding hydrogens is 313 g/mol. The lowest BCUT2D eigenvalue weighted by Crippen LogP contribution is -2.27. The van der Waals surface area contributed by atoms with Gasteiger partial charge in [-0.2, -0.15) is 5.10 Å². The highest BCUT2D eigenvalue weighted by atomic mass is 35.5. The van der Waals surface area contributed by atoms with Gasteiger partial charge in [0, 0.05) is 28.5 Å². The van der Waals surface area contributed by atoms with Crippen LogP contribution in [0.4, 0.5) is 0 Å². The molecule has 0 spiro atoms. The van der Waals surface area contributed by atoms with Crippen molar-refractivity contribution in [3.63, 3.8) is 0 Å². The van der Waals surface area contributed by atoms with E-state index in [4.69, 9.17) is 23.2 Å². The summed E-state index contributed by atoms with van der Waals surface area (Å²) in [4.78, 5) is 15.7. The standard InChI is InChI=1S/C14H11Cl2N3O2/c15-8-1-2-10(12(16)3-8)11-4-9(20)5-13(21)14(11)19-7-17-6-18-19/h1-3,5-7,11,14,21H,4H2/t11-,14+/m0/s1. The molecule has 0 unspecified atom stereocenters. The first-order valence-corrected chi connectivity index (χ1v) is 7.04. The summed E-state index contributed by atoms with van der Waals surface area (Å²) in [6, 6.07) is 4.59. The van der Waals surface area contributed by atoms with E-state index in [-0.39, 0.29) is 23.9 Å². The highest BCUT2D eigenvalue weighted by Gasteiger charge is 2.35. The molecule has 1 aromatic carbocycles. The van der Waals surface area contributed by atoms with Crippen LogP contribution in [-0.4, -0.2) is 25.7 Å². The molecule has 1 N–H and O–H groups in total. The fourth-order valence-electron chi connectivity index (χ4n) is 2.61. The van der Waals surface area contributed by atoms with Gasteiger partial charge in [-0.05, 0) is 17.7 Å². The maximum atomic E-state index is 11.8. The number of nitrogens with zero attached hydrogens (tertiary/aromatic N) is 3. The fourth-order valence-corrected chi connectivity index (χ4v) is 3.16. The van der Waals surface area contributed by atoms with Gasteiger partial charge in [0.2, 0.25) is 0 Å². The van der Waals surface area contributed by atoms with Gasteiger partial charge in [-0.1, -0.05) is 29.3 Å². The molecule has 5 nitrogen and oxygen atoms in total. The maximum absolute atomic E-state index is 11.8. The lowest BCUT2D eigenvalue weighted by molar-refractivity contribution is -0.116. The molecule has 1 aliphatic rings. The lowest BCUT2D eigenvalue weighted by atomic mass is 9.82. The van der Waals surface area contributed by atoms with Crippen LogP contribution < -0.4 is 0 Å². The molecule has 0 aliphatic heterocycles. The first kappa shape index (κ1) is 14.1. The molecular formula is C14H11Cl2N3O2. The maximum Gasteiger partial charge on any atom is 0.159 e. The zero-order valence-electron chi connectivity index (χ0n) is 10.8. The zero-order chi connectivity index (χ0) is 15.0. The highest BCUT2D eigenvalue weighted by Crippen LogP contribution is 2.42.